The van der Waals surface area contributed by atoms with Gasteiger partial charge in [0.05, 0.1) is 11.1 Å². The summed E-state index contributed by atoms with van der Waals surface area (Å²) >= 11 is 5.13. The molecule has 1 aliphatic rings. The Morgan fingerprint density at radius 2 is 2.12 bits per heavy atom. The molecule has 6 heteroatoms. The molecule has 1 aromatic carbocycles. The van der Waals surface area contributed by atoms with Gasteiger partial charge in [-0.3, -0.25) is 0 Å². The SMILES string of the molecule is C=CCNC(=S)N=Nc1c(O)n2c3c(cc(C)cc13)C(C)=CC2(C)C. The number of aromatic nitrogens is 1. The highest BCUT2D eigenvalue weighted by molar-refractivity contribution is 7.80. The van der Waals surface area contributed by atoms with Crippen molar-refractivity contribution in [1.29, 1.82) is 0 Å². The molecule has 1 aliphatic heterocycles. The van der Waals surface area contributed by atoms with Gasteiger partial charge in [-0.15, -0.1) is 16.8 Å². The van der Waals surface area contributed by atoms with Gasteiger partial charge in [-0.1, -0.05) is 12.2 Å². The fourth-order valence-electron chi connectivity index (χ4n) is 3.46. The second-order valence-corrected chi connectivity index (χ2v) is 7.26. The van der Waals surface area contributed by atoms with E-state index in [1.807, 2.05) is 17.6 Å². The van der Waals surface area contributed by atoms with Crippen LogP contribution in [0.25, 0.3) is 16.5 Å². The van der Waals surface area contributed by atoms with Gasteiger partial charge in [0.15, 0.2) is 5.69 Å². The topological polar surface area (TPSA) is 61.9 Å². The molecule has 3 rings (SSSR count). The molecule has 0 unspecified atom stereocenters. The van der Waals surface area contributed by atoms with E-state index in [9.17, 15) is 5.11 Å². The van der Waals surface area contributed by atoms with Crippen LogP contribution in [0.4, 0.5) is 5.69 Å². The maximum atomic E-state index is 10.9. The standard InChI is InChI=1S/C19H22N4OS/c1-6-7-20-18(25)22-21-15-14-9-11(2)8-13-12(3)10-19(4,5)23(16(13)14)17(15)24/h6,8-10,24H,1,7H2,2-5H3,(H,20,25). The first-order valence-electron chi connectivity index (χ1n) is 8.15. The molecule has 2 heterocycles. The third-order valence-corrected chi connectivity index (χ3v) is 4.59. The Labute approximate surface area is 152 Å². The number of azo groups is 1. The van der Waals surface area contributed by atoms with E-state index in [4.69, 9.17) is 12.2 Å². The highest BCUT2D eigenvalue weighted by Gasteiger charge is 2.32. The first-order valence-corrected chi connectivity index (χ1v) is 8.56. The molecule has 2 N–H and O–H groups in total. The summed E-state index contributed by atoms with van der Waals surface area (Å²) in [6.07, 6.45) is 3.85. The summed E-state index contributed by atoms with van der Waals surface area (Å²) in [5.41, 5.74) is 4.47. The molecule has 130 valence electrons. The van der Waals surface area contributed by atoms with E-state index in [1.165, 1.54) is 5.57 Å². The number of hydrogen-bond donors (Lipinski definition) is 2. The van der Waals surface area contributed by atoms with Crippen LogP contribution in [0.5, 0.6) is 5.88 Å². The number of allylic oxidation sites excluding steroid dienone is 2. The maximum Gasteiger partial charge on any atom is 0.221 e. The molecule has 0 atom stereocenters. The number of aryl methyl sites for hydroxylation is 1. The first kappa shape index (κ1) is 17.4. The summed E-state index contributed by atoms with van der Waals surface area (Å²) in [6.45, 7) is 12.4. The maximum absolute atomic E-state index is 10.9. The van der Waals surface area contributed by atoms with Crippen molar-refractivity contribution >= 4 is 39.5 Å². The van der Waals surface area contributed by atoms with Gasteiger partial charge in [-0.2, -0.15) is 0 Å². The lowest BCUT2D eigenvalue weighted by atomic mass is 9.91. The second-order valence-electron chi connectivity index (χ2n) is 6.87. The predicted octanol–water partition coefficient (Wildman–Crippen LogP) is 4.95. The van der Waals surface area contributed by atoms with Crippen LogP contribution in [0.3, 0.4) is 0 Å². The number of nitrogens with zero attached hydrogens (tertiary/aromatic N) is 3. The van der Waals surface area contributed by atoms with Gasteiger partial charge >= 0.3 is 0 Å². The molecule has 0 spiro atoms. The van der Waals surface area contributed by atoms with E-state index < -0.39 is 0 Å². The smallest absolute Gasteiger partial charge is 0.221 e. The van der Waals surface area contributed by atoms with E-state index in [1.54, 1.807) is 6.08 Å². The summed E-state index contributed by atoms with van der Waals surface area (Å²) in [4.78, 5) is 0. The van der Waals surface area contributed by atoms with Gasteiger partial charge in [0.1, 0.15) is 0 Å². The van der Waals surface area contributed by atoms with Crippen LogP contribution >= 0.6 is 12.2 Å². The molecule has 5 nitrogen and oxygen atoms in total. The predicted molar refractivity (Wildman–Crippen MR) is 107 cm³/mol. The molecule has 0 saturated carbocycles. The highest BCUT2D eigenvalue weighted by Crippen LogP contribution is 2.48. The minimum atomic E-state index is -0.357. The number of nitrogens with one attached hydrogen (secondary N) is 1. The Bertz CT molecular complexity index is 950. The van der Waals surface area contributed by atoms with E-state index in [0.717, 1.165) is 22.0 Å². The number of rotatable bonds is 3. The summed E-state index contributed by atoms with van der Waals surface area (Å²) in [5, 5.41) is 23.2. The average Bonchev–Trinajstić information content (AvgIpc) is 2.81. The molecule has 0 amide bonds. The van der Waals surface area contributed by atoms with Crippen molar-refractivity contribution < 1.29 is 5.11 Å². The van der Waals surface area contributed by atoms with E-state index in [2.05, 4.69) is 55.0 Å². The molecule has 1 aromatic heterocycles. The summed E-state index contributed by atoms with van der Waals surface area (Å²) < 4.78 is 1.92. The summed E-state index contributed by atoms with van der Waals surface area (Å²) in [6, 6.07) is 4.16. The lowest BCUT2D eigenvalue weighted by molar-refractivity contribution is 0.362. The normalized spacial score (nSPS) is 15.4. The van der Waals surface area contributed by atoms with E-state index in [-0.39, 0.29) is 16.5 Å². The average molecular weight is 354 g/mol. The number of thiocarbonyl (C=S) groups is 1. The van der Waals surface area contributed by atoms with Crippen molar-refractivity contribution in [1.82, 2.24) is 9.88 Å². The monoisotopic (exact) mass is 354 g/mol. The lowest BCUT2D eigenvalue weighted by Gasteiger charge is -2.31. The molecular formula is C19H22N4OS. The Hall–Kier alpha value is -2.47. The van der Waals surface area contributed by atoms with Crippen LogP contribution in [0.15, 0.2) is 41.1 Å². The van der Waals surface area contributed by atoms with Gasteiger partial charge in [0.25, 0.3) is 0 Å². The van der Waals surface area contributed by atoms with Gasteiger partial charge < -0.3 is 15.0 Å². The van der Waals surface area contributed by atoms with Gasteiger partial charge in [-0.25, -0.2) is 0 Å². The van der Waals surface area contributed by atoms with Gasteiger partial charge in [-0.05, 0) is 63.2 Å². The molecule has 25 heavy (non-hydrogen) atoms. The molecule has 0 fully saturated rings. The van der Waals surface area contributed by atoms with Crippen molar-refractivity contribution in [2.45, 2.75) is 33.2 Å². The van der Waals surface area contributed by atoms with Crippen molar-refractivity contribution in [2.75, 3.05) is 6.54 Å². The fraction of sp³-hybridized carbons (Fsp3) is 0.316. The van der Waals surface area contributed by atoms with Crippen LogP contribution in [0, 0.1) is 6.92 Å². The Kier molecular flexibility index (Phi) is 4.24. The van der Waals surface area contributed by atoms with Crippen LogP contribution in [-0.4, -0.2) is 21.3 Å². The fourth-order valence-corrected chi connectivity index (χ4v) is 3.58. The minimum Gasteiger partial charge on any atom is -0.493 e. The Morgan fingerprint density at radius 3 is 2.80 bits per heavy atom. The van der Waals surface area contributed by atoms with Crippen LogP contribution in [-0.2, 0) is 5.54 Å². The highest BCUT2D eigenvalue weighted by atomic mass is 32.1. The Balaban J connectivity index is 2.22. The van der Waals surface area contributed by atoms with Crippen LogP contribution in [0.2, 0.25) is 0 Å². The van der Waals surface area contributed by atoms with E-state index >= 15 is 0 Å². The van der Waals surface area contributed by atoms with Gasteiger partial charge in [0, 0.05) is 17.5 Å². The summed E-state index contributed by atoms with van der Waals surface area (Å²) in [5.74, 6) is 0.103. The largest absolute Gasteiger partial charge is 0.493 e. The number of aromatic hydroxyl groups is 1. The third-order valence-electron chi connectivity index (χ3n) is 4.37. The summed E-state index contributed by atoms with van der Waals surface area (Å²) in [7, 11) is 0. The van der Waals surface area contributed by atoms with Crippen molar-refractivity contribution in [3.05, 3.63) is 42.0 Å². The second kappa shape index (κ2) is 6.11. The molecule has 0 saturated heterocycles. The van der Waals surface area contributed by atoms with Crippen molar-refractivity contribution in [3.63, 3.8) is 0 Å². The molecule has 0 radical (unpaired) electrons. The first-order chi connectivity index (χ1) is 11.8. The minimum absolute atomic E-state index is 0.103. The van der Waals surface area contributed by atoms with Crippen LogP contribution < -0.4 is 5.32 Å². The van der Waals surface area contributed by atoms with E-state index in [0.29, 0.717) is 12.2 Å². The van der Waals surface area contributed by atoms with Crippen molar-refractivity contribution in [3.8, 4) is 5.88 Å². The molecular weight excluding hydrogens is 332 g/mol. The van der Waals surface area contributed by atoms with Gasteiger partial charge in [0.2, 0.25) is 11.0 Å². The Morgan fingerprint density at radius 1 is 1.40 bits per heavy atom. The zero-order valence-corrected chi connectivity index (χ0v) is 15.7. The lowest BCUT2D eigenvalue weighted by Crippen LogP contribution is -2.26. The zero-order chi connectivity index (χ0) is 18.4. The molecule has 0 bridgehead atoms. The molecule has 0 aliphatic carbocycles. The number of hydrogen-bond acceptors (Lipinski definition) is 3. The van der Waals surface area contributed by atoms with Crippen molar-refractivity contribution in [2.24, 2.45) is 10.2 Å². The van der Waals surface area contributed by atoms with Crippen LogP contribution in [0.1, 0.15) is 31.9 Å². The third kappa shape index (κ3) is 2.87. The molecule has 2 aromatic rings. The number of benzene rings is 1. The zero-order valence-electron chi connectivity index (χ0n) is 14.9. The quantitative estimate of drug-likeness (QED) is 0.466.